The Morgan fingerprint density at radius 3 is 2.00 bits per heavy atom. The third kappa shape index (κ3) is 15.8. The molecule has 0 aromatic carbocycles. The van der Waals surface area contributed by atoms with Gasteiger partial charge in [-0.2, -0.15) is 0 Å². The number of halogens is 2. The molecule has 0 aliphatic carbocycles. The van der Waals surface area contributed by atoms with Crippen molar-refractivity contribution in [3.05, 3.63) is 12.7 Å². The molecule has 0 atom stereocenters. The van der Waals surface area contributed by atoms with E-state index in [1.807, 2.05) is 0 Å². The maximum atomic E-state index is 9.83. The quantitative estimate of drug-likeness (QED) is 0.709. The van der Waals surface area contributed by atoms with Crippen molar-refractivity contribution in [2.24, 2.45) is 0 Å². The van der Waals surface area contributed by atoms with Crippen LogP contribution in [0, 0.1) is 0 Å². The van der Waals surface area contributed by atoms with E-state index in [9.17, 15) is 4.79 Å². The second-order valence-corrected chi connectivity index (χ2v) is 1.40. The van der Waals surface area contributed by atoms with Crippen LogP contribution in [0.3, 0.4) is 0 Å². The Bertz CT molecular complexity index is 74.4. The van der Waals surface area contributed by atoms with Gasteiger partial charge in [-0.15, -0.1) is 34.0 Å². The molecule has 0 unspecified atom stereocenters. The number of carbonyl (C=O) groups is 1. The van der Waals surface area contributed by atoms with Crippen LogP contribution in [-0.4, -0.2) is 4.72 Å². The predicted octanol–water partition coefficient (Wildman–Crippen LogP) is 1.79. The van der Waals surface area contributed by atoms with Gasteiger partial charge in [0.1, 0.15) is 0 Å². The summed E-state index contributed by atoms with van der Waals surface area (Å²) in [7, 11) is 0. The van der Waals surface area contributed by atoms with Gasteiger partial charge in [0.05, 0.1) is 0 Å². The summed E-state index contributed by atoms with van der Waals surface area (Å²) in [6.07, 6.45) is 1.88. The molecule has 0 rings (SSSR count). The predicted molar refractivity (Wildman–Crippen MR) is 40.5 cm³/mol. The Morgan fingerprint density at radius 1 is 1.62 bits per heavy atom. The zero-order valence-corrected chi connectivity index (χ0v) is 8.52. The Balaban J connectivity index is -0.000000125. The SMILES string of the molecule is Br.Br.C=CC[C](=O)[Co]. The summed E-state index contributed by atoms with van der Waals surface area (Å²) < 4.78 is -0.141. The van der Waals surface area contributed by atoms with Gasteiger partial charge < -0.3 is 0 Å². The average molecular weight is 290 g/mol. The number of carbonyl (C=O) groups excluding carboxylic acids is 1. The first kappa shape index (κ1) is 15.9. The van der Waals surface area contributed by atoms with Crippen molar-refractivity contribution >= 4 is 38.7 Å². The van der Waals surface area contributed by atoms with E-state index in [2.05, 4.69) is 22.3 Å². The second kappa shape index (κ2) is 10.8. The van der Waals surface area contributed by atoms with Gasteiger partial charge in [-0.3, -0.25) is 0 Å². The average Bonchev–Trinajstić information content (AvgIpc) is 1.35. The van der Waals surface area contributed by atoms with Crippen molar-refractivity contribution in [1.29, 1.82) is 0 Å². The molecule has 0 fully saturated rings. The number of allylic oxidation sites excluding steroid dienone is 1. The fourth-order valence-corrected chi connectivity index (χ4v) is 0.257. The summed E-state index contributed by atoms with van der Waals surface area (Å²) in [6.45, 7) is 3.33. The van der Waals surface area contributed by atoms with Gasteiger partial charge in [-0.25, -0.2) is 0 Å². The first-order valence-corrected chi connectivity index (χ1v) is 2.06. The molecule has 0 aliphatic rings. The molecule has 0 N–H and O–H groups in total. The summed E-state index contributed by atoms with van der Waals surface area (Å²) in [4.78, 5) is 9.83. The topological polar surface area (TPSA) is 17.1 Å². The van der Waals surface area contributed by atoms with Crippen LogP contribution in [0.4, 0.5) is 0 Å². The molecule has 0 saturated carbocycles. The van der Waals surface area contributed by atoms with Crippen LogP contribution in [0.25, 0.3) is 0 Å². The zero-order chi connectivity index (χ0) is 4.99. The van der Waals surface area contributed by atoms with Crippen LogP contribution >= 0.6 is 34.0 Å². The summed E-state index contributed by atoms with van der Waals surface area (Å²) in [5, 5.41) is 0. The van der Waals surface area contributed by atoms with Gasteiger partial charge in [-0.1, -0.05) is 0 Å². The molecule has 52 valence electrons. The molecule has 8 heavy (non-hydrogen) atoms. The zero-order valence-electron chi connectivity index (χ0n) is 4.05. The number of hydrogen-bond acceptors (Lipinski definition) is 1. The van der Waals surface area contributed by atoms with E-state index in [1.54, 1.807) is 0 Å². The van der Waals surface area contributed by atoms with Gasteiger partial charge in [0.15, 0.2) is 0 Å². The summed E-state index contributed by atoms with van der Waals surface area (Å²) in [5.74, 6) is 0. The van der Waals surface area contributed by atoms with Crippen molar-refractivity contribution in [3.63, 3.8) is 0 Å². The van der Waals surface area contributed by atoms with E-state index in [0.29, 0.717) is 6.42 Å². The van der Waals surface area contributed by atoms with E-state index in [4.69, 9.17) is 0 Å². The minimum absolute atomic E-state index is 0. The van der Waals surface area contributed by atoms with E-state index in [0.717, 1.165) is 0 Å². The van der Waals surface area contributed by atoms with E-state index in [1.165, 1.54) is 6.08 Å². The first-order valence-electron chi connectivity index (χ1n) is 1.54. The number of rotatable bonds is 2. The van der Waals surface area contributed by atoms with Crippen molar-refractivity contribution in [2.75, 3.05) is 0 Å². The Hall–Kier alpha value is 0.876. The second-order valence-electron chi connectivity index (χ2n) is 0.823. The molecular formula is C4H7Br2CoO. The summed E-state index contributed by atoms with van der Waals surface area (Å²) in [5.41, 5.74) is 0. The van der Waals surface area contributed by atoms with Gasteiger partial charge in [0.25, 0.3) is 0 Å². The molecule has 4 heteroatoms. The molecule has 0 heterocycles. The van der Waals surface area contributed by atoms with Gasteiger partial charge >= 0.3 is 44.3 Å². The van der Waals surface area contributed by atoms with Crippen LogP contribution in [0.5, 0.6) is 0 Å². The van der Waals surface area contributed by atoms with E-state index >= 15 is 0 Å². The third-order valence-electron chi connectivity index (χ3n) is 0.296. The Labute approximate surface area is 78.0 Å². The Kier molecular flexibility index (Phi) is 21.5. The van der Waals surface area contributed by atoms with Crippen LogP contribution < -0.4 is 0 Å². The molecule has 0 spiro atoms. The maximum absolute atomic E-state index is 9.83. The molecule has 0 amide bonds. The molecule has 0 bridgehead atoms. The fourth-order valence-electron chi connectivity index (χ4n) is 0.107. The molecule has 0 radical (unpaired) electrons. The molecular weight excluding hydrogens is 283 g/mol. The third-order valence-corrected chi connectivity index (χ3v) is 0.508. The van der Waals surface area contributed by atoms with Crippen LogP contribution in [0.15, 0.2) is 12.7 Å². The van der Waals surface area contributed by atoms with Crippen molar-refractivity contribution in [1.82, 2.24) is 0 Å². The summed E-state index contributed by atoms with van der Waals surface area (Å²) >= 11 is 3.51. The monoisotopic (exact) mass is 288 g/mol. The minimum atomic E-state index is -0.141. The van der Waals surface area contributed by atoms with Crippen LogP contribution in [0.1, 0.15) is 6.42 Å². The van der Waals surface area contributed by atoms with E-state index in [-0.39, 0.29) is 38.7 Å². The summed E-state index contributed by atoms with van der Waals surface area (Å²) in [6, 6.07) is 0. The van der Waals surface area contributed by atoms with Crippen LogP contribution in [0.2, 0.25) is 0 Å². The Morgan fingerprint density at radius 2 is 2.00 bits per heavy atom. The molecule has 0 aromatic heterocycles. The van der Waals surface area contributed by atoms with Crippen LogP contribution in [-0.2, 0) is 20.5 Å². The molecule has 0 aromatic rings. The fraction of sp³-hybridized carbons (Fsp3) is 0.250. The normalized spacial score (nSPS) is 5.75. The molecule has 0 saturated heterocycles. The van der Waals surface area contributed by atoms with Crippen molar-refractivity contribution in [3.8, 4) is 0 Å². The van der Waals surface area contributed by atoms with Crippen molar-refractivity contribution < 1.29 is 20.5 Å². The van der Waals surface area contributed by atoms with Gasteiger partial charge in [0.2, 0.25) is 0 Å². The molecule has 1 nitrogen and oxygen atoms in total. The van der Waals surface area contributed by atoms with E-state index < -0.39 is 0 Å². The van der Waals surface area contributed by atoms with Gasteiger partial charge in [0, 0.05) is 0 Å². The molecule has 0 aliphatic heterocycles. The van der Waals surface area contributed by atoms with Gasteiger partial charge in [-0.05, 0) is 0 Å². The van der Waals surface area contributed by atoms with Crippen molar-refractivity contribution in [2.45, 2.75) is 6.42 Å². The standard InChI is InChI=1S/C4H5O.2BrH.Co/c1-2-3-4-5;;;/h2H,1,3H2;2*1H;. The number of hydrogen-bond donors (Lipinski definition) is 0. The first-order chi connectivity index (χ1) is 2.77.